The van der Waals surface area contributed by atoms with Gasteiger partial charge in [-0.05, 0) is 42.5 Å². The third-order valence-corrected chi connectivity index (χ3v) is 5.04. The molecule has 0 atom stereocenters. The number of halogens is 1. The summed E-state index contributed by atoms with van der Waals surface area (Å²) >= 11 is 0. The number of hydrogen-bond acceptors (Lipinski definition) is 5. The van der Waals surface area contributed by atoms with E-state index in [9.17, 15) is 14.0 Å². The number of nitrogens with one attached hydrogen (secondary N) is 2. The van der Waals surface area contributed by atoms with Crippen molar-refractivity contribution in [2.75, 3.05) is 5.32 Å². The van der Waals surface area contributed by atoms with Gasteiger partial charge >= 0.3 is 0 Å². The lowest BCUT2D eigenvalue weighted by Gasteiger charge is -2.06. The zero-order chi connectivity index (χ0) is 22.1. The summed E-state index contributed by atoms with van der Waals surface area (Å²) in [5.41, 5.74) is 2.84. The Bertz CT molecular complexity index is 1520. The van der Waals surface area contributed by atoms with Crippen LogP contribution in [0.5, 0.6) is 0 Å². The van der Waals surface area contributed by atoms with Crippen LogP contribution in [0.4, 0.5) is 10.1 Å². The Balaban J connectivity index is 1.29. The maximum Gasteiger partial charge on any atom is 0.277 e. The van der Waals surface area contributed by atoms with Gasteiger partial charge in [0.2, 0.25) is 5.91 Å². The van der Waals surface area contributed by atoms with Crippen LogP contribution in [0.3, 0.4) is 0 Å². The fourth-order valence-electron chi connectivity index (χ4n) is 3.46. The average Bonchev–Trinajstić information content (AvgIpc) is 3.22. The first-order chi connectivity index (χ1) is 15.6. The number of carbonyl (C=O) groups is 1. The van der Waals surface area contributed by atoms with Gasteiger partial charge in [0.25, 0.3) is 5.56 Å². The third-order valence-electron chi connectivity index (χ3n) is 5.04. The predicted octanol–water partition coefficient (Wildman–Crippen LogP) is 3.50. The zero-order valence-electron chi connectivity index (χ0n) is 16.7. The van der Waals surface area contributed by atoms with Crippen molar-refractivity contribution in [1.82, 2.24) is 25.0 Å². The highest BCUT2D eigenvalue weighted by Gasteiger charge is 2.10. The molecule has 0 aliphatic rings. The standard InChI is InChI=1S/C23H17FN6O2/c24-15-5-3-4-14(12-15)22-26-19-9-8-16(13-20(19)27-22)25-21(31)10-11-30-23(32)17-6-1-2-7-18(17)28-29-30/h1-9,12-13H,10-11H2,(H,25,31)(H,26,27). The van der Waals surface area contributed by atoms with Crippen LogP contribution < -0.4 is 10.9 Å². The number of aromatic amines is 1. The molecule has 3 aromatic carbocycles. The van der Waals surface area contributed by atoms with Gasteiger partial charge in [-0.2, -0.15) is 0 Å². The van der Waals surface area contributed by atoms with Crippen molar-refractivity contribution >= 4 is 33.5 Å². The molecule has 0 saturated heterocycles. The molecule has 2 aromatic heterocycles. The lowest BCUT2D eigenvalue weighted by molar-refractivity contribution is -0.116. The Morgan fingerprint density at radius 1 is 1.03 bits per heavy atom. The second kappa shape index (κ2) is 8.03. The first kappa shape index (κ1) is 19.6. The maximum absolute atomic E-state index is 13.5. The SMILES string of the molecule is O=C(CCn1nnc2ccccc2c1=O)Nc1ccc2nc(-c3cccc(F)c3)[nH]c2c1. The summed E-state index contributed by atoms with van der Waals surface area (Å²) in [6.07, 6.45) is 0.0580. The van der Waals surface area contributed by atoms with Crippen LogP contribution in [0.1, 0.15) is 6.42 Å². The molecular formula is C23H17FN6O2. The van der Waals surface area contributed by atoms with Crippen LogP contribution in [0.15, 0.2) is 71.5 Å². The molecule has 0 aliphatic heterocycles. The summed E-state index contributed by atoms with van der Waals surface area (Å²) in [6, 6.07) is 18.4. The van der Waals surface area contributed by atoms with E-state index in [1.807, 2.05) is 0 Å². The van der Waals surface area contributed by atoms with Crippen molar-refractivity contribution < 1.29 is 9.18 Å². The molecule has 2 heterocycles. The lowest BCUT2D eigenvalue weighted by atomic mass is 10.2. The molecular weight excluding hydrogens is 411 g/mol. The van der Waals surface area contributed by atoms with Crippen molar-refractivity contribution in [2.24, 2.45) is 0 Å². The number of hydrogen-bond donors (Lipinski definition) is 2. The van der Waals surface area contributed by atoms with E-state index < -0.39 is 0 Å². The zero-order valence-corrected chi connectivity index (χ0v) is 16.7. The fraction of sp³-hybridized carbons (Fsp3) is 0.0870. The monoisotopic (exact) mass is 428 g/mol. The summed E-state index contributed by atoms with van der Waals surface area (Å²) in [7, 11) is 0. The number of aromatic nitrogens is 5. The second-order valence-electron chi connectivity index (χ2n) is 7.26. The highest BCUT2D eigenvalue weighted by atomic mass is 19.1. The van der Waals surface area contributed by atoms with Gasteiger partial charge in [-0.3, -0.25) is 9.59 Å². The number of imidazole rings is 1. The first-order valence-corrected chi connectivity index (χ1v) is 9.95. The highest BCUT2D eigenvalue weighted by Crippen LogP contribution is 2.23. The van der Waals surface area contributed by atoms with Gasteiger partial charge in [-0.1, -0.05) is 29.5 Å². The van der Waals surface area contributed by atoms with E-state index in [1.54, 1.807) is 54.6 Å². The summed E-state index contributed by atoms with van der Waals surface area (Å²) in [5.74, 6) is -0.0700. The highest BCUT2D eigenvalue weighted by molar-refractivity contribution is 5.93. The van der Waals surface area contributed by atoms with Crippen molar-refractivity contribution in [3.8, 4) is 11.4 Å². The number of amides is 1. The van der Waals surface area contributed by atoms with Gasteiger partial charge in [-0.25, -0.2) is 14.1 Å². The predicted molar refractivity (Wildman–Crippen MR) is 119 cm³/mol. The van der Waals surface area contributed by atoms with E-state index in [0.717, 1.165) is 0 Å². The van der Waals surface area contributed by atoms with E-state index in [2.05, 4.69) is 25.6 Å². The smallest absolute Gasteiger partial charge is 0.277 e. The quantitative estimate of drug-likeness (QED) is 0.446. The lowest BCUT2D eigenvalue weighted by Crippen LogP contribution is -2.26. The minimum absolute atomic E-state index is 0.0580. The number of rotatable bonds is 5. The number of anilines is 1. The van der Waals surface area contributed by atoms with E-state index >= 15 is 0 Å². The third kappa shape index (κ3) is 3.83. The number of carbonyl (C=O) groups excluding carboxylic acids is 1. The summed E-state index contributed by atoms with van der Waals surface area (Å²) in [6.45, 7) is 0.110. The number of H-pyrrole nitrogens is 1. The number of nitrogens with zero attached hydrogens (tertiary/aromatic N) is 4. The average molecular weight is 428 g/mol. The summed E-state index contributed by atoms with van der Waals surface area (Å²) in [4.78, 5) is 32.5. The molecule has 0 fully saturated rings. The topological polar surface area (TPSA) is 106 Å². The molecule has 32 heavy (non-hydrogen) atoms. The molecule has 0 spiro atoms. The number of fused-ring (bicyclic) bond motifs is 2. The summed E-state index contributed by atoms with van der Waals surface area (Å²) < 4.78 is 14.7. The van der Waals surface area contributed by atoms with Gasteiger partial charge < -0.3 is 10.3 Å². The fourth-order valence-corrected chi connectivity index (χ4v) is 3.46. The number of aryl methyl sites for hydroxylation is 1. The molecule has 0 aliphatic carbocycles. The second-order valence-corrected chi connectivity index (χ2v) is 7.26. The number of benzene rings is 3. The van der Waals surface area contributed by atoms with E-state index in [0.29, 0.717) is 39.0 Å². The molecule has 8 nitrogen and oxygen atoms in total. The Kier molecular flexibility index (Phi) is 4.91. The molecule has 0 radical (unpaired) electrons. The van der Waals surface area contributed by atoms with Gasteiger partial charge in [0.05, 0.1) is 23.0 Å². The summed E-state index contributed by atoms with van der Waals surface area (Å²) in [5, 5.41) is 11.2. The van der Waals surface area contributed by atoms with Crippen LogP contribution in [0, 0.1) is 5.82 Å². The Morgan fingerprint density at radius 2 is 1.91 bits per heavy atom. The van der Waals surface area contributed by atoms with Crippen LogP contribution in [-0.4, -0.2) is 30.9 Å². The van der Waals surface area contributed by atoms with Gasteiger partial charge in [0.1, 0.15) is 17.2 Å². The first-order valence-electron chi connectivity index (χ1n) is 9.95. The minimum Gasteiger partial charge on any atom is -0.338 e. The molecule has 158 valence electrons. The molecule has 0 saturated carbocycles. The molecule has 0 unspecified atom stereocenters. The van der Waals surface area contributed by atoms with Crippen LogP contribution >= 0.6 is 0 Å². The van der Waals surface area contributed by atoms with Crippen LogP contribution in [0.25, 0.3) is 33.3 Å². The van der Waals surface area contributed by atoms with Crippen molar-refractivity contribution in [3.05, 3.63) is 82.9 Å². The van der Waals surface area contributed by atoms with E-state index in [-0.39, 0.29) is 30.2 Å². The molecule has 2 N–H and O–H groups in total. The normalized spacial score (nSPS) is 11.2. The molecule has 5 rings (SSSR count). The largest absolute Gasteiger partial charge is 0.338 e. The Morgan fingerprint density at radius 3 is 2.78 bits per heavy atom. The van der Waals surface area contributed by atoms with Gasteiger partial charge in [-0.15, -0.1) is 5.10 Å². The molecule has 1 amide bonds. The van der Waals surface area contributed by atoms with E-state index in [4.69, 9.17) is 0 Å². The van der Waals surface area contributed by atoms with Crippen LogP contribution in [0.2, 0.25) is 0 Å². The van der Waals surface area contributed by atoms with E-state index in [1.165, 1.54) is 16.8 Å². The minimum atomic E-state index is -0.342. The molecule has 9 heteroatoms. The van der Waals surface area contributed by atoms with Crippen molar-refractivity contribution in [2.45, 2.75) is 13.0 Å². The maximum atomic E-state index is 13.5. The Labute approximate surface area is 180 Å². The van der Waals surface area contributed by atoms with Gasteiger partial charge in [0, 0.05) is 17.7 Å². The molecule has 0 bridgehead atoms. The van der Waals surface area contributed by atoms with Crippen LogP contribution in [-0.2, 0) is 11.3 Å². The van der Waals surface area contributed by atoms with Gasteiger partial charge in [0.15, 0.2) is 0 Å². The van der Waals surface area contributed by atoms with Crippen molar-refractivity contribution in [3.63, 3.8) is 0 Å². The Hall–Kier alpha value is -4.40. The molecule has 5 aromatic rings. The van der Waals surface area contributed by atoms with Crippen molar-refractivity contribution in [1.29, 1.82) is 0 Å².